The number of amides is 1. The summed E-state index contributed by atoms with van der Waals surface area (Å²) in [5.41, 5.74) is 1.32. The van der Waals surface area contributed by atoms with E-state index in [1.54, 1.807) is 40.5 Å². The van der Waals surface area contributed by atoms with Crippen LogP contribution in [-0.4, -0.2) is 31.5 Å². The van der Waals surface area contributed by atoms with E-state index in [-0.39, 0.29) is 18.3 Å². The van der Waals surface area contributed by atoms with Gasteiger partial charge in [0, 0.05) is 22.2 Å². The van der Waals surface area contributed by atoms with Gasteiger partial charge in [-0.25, -0.2) is 0 Å². The Balaban J connectivity index is 1.51. The van der Waals surface area contributed by atoms with E-state index >= 15 is 0 Å². The summed E-state index contributed by atoms with van der Waals surface area (Å²) in [5, 5.41) is 1.98. The van der Waals surface area contributed by atoms with Gasteiger partial charge in [0.15, 0.2) is 23.9 Å². The van der Waals surface area contributed by atoms with Gasteiger partial charge in [0.1, 0.15) is 19.0 Å². The van der Waals surface area contributed by atoms with Crippen molar-refractivity contribution in [2.45, 2.75) is 13.5 Å². The van der Waals surface area contributed by atoms with Crippen molar-refractivity contribution in [3.63, 3.8) is 0 Å². The molecule has 0 unspecified atom stereocenters. The Morgan fingerprint density at radius 1 is 1.03 bits per heavy atom. The lowest BCUT2D eigenvalue weighted by atomic mass is 10.1. The van der Waals surface area contributed by atoms with Crippen molar-refractivity contribution in [1.29, 1.82) is 0 Å². The van der Waals surface area contributed by atoms with Crippen LogP contribution in [0.3, 0.4) is 0 Å². The number of ether oxygens (including phenoxy) is 3. The minimum absolute atomic E-state index is 0.0154. The quantitative estimate of drug-likeness (QED) is 0.529. The first kappa shape index (κ1) is 20.0. The second-order valence-electron chi connectivity index (χ2n) is 6.76. The number of benzene rings is 2. The fraction of sp³-hybridized carbons (Fsp3) is 0.217. The summed E-state index contributed by atoms with van der Waals surface area (Å²) in [5.74, 6) is 1.64. The first-order valence-electron chi connectivity index (χ1n) is 9.56. The fourth-order valence-corrected chi connectivity index (χ4v) is 3.78. The van der Waals surface area contributed by atoms with E-state index in [9.17, 15) is 9.59 Å². The van der Waals surface area contributed by atoms with Crippen molar-refractivity contribution in [2.24, 2.45) is 0 Å². The molecule has 0 fully saturated rings. The van der Waals surface area contributed by atoms with E-state index in [0.717, 1.165) is 4.88 Å². The number of carbonyl (C=O) groups is 2. The van der Waals surface area contributed by atoms with Crippen molar-refractivity contribution in [2.75, 3.05) is 24.7 Å². The number of ketones is 1. The van der Waals surface area contributed by atoms with E-state index < -0.39 is 0 Å². The summed E-state index contributed by atoms with van der Waals surface area (Å²) in [6.07, 6.45) is 0. The predicted octanol–water partition coefficient (Wildman–Crippen LogP) is 4.33. The number of nitrogens with zero attached hydrogens (tertiary/aromatic N) is 1. The van der Waals surface area contributed by atoms with E-state index in [0.29, 0.717) is 48.3 Å². The maximum Gasteiger partial charge on any atom is 0.265 e. The van der Waals surface area contributed by atoms with Crippen LogP contribution in [0.5, 0.6) is 17.2 Å². The first-order chi connectivity index (χ1) is 14.6. The summed E-state index contributed by atoms with van der Waals surface area (Å²) in [7, 11) is 0. The van der Waals surface area contributed by atoms with Crippen molar-refractivity contribution >= 4 is 28.7 Å². The Hall–Kier alpha value is -3.32. The van der Waals surface area contributed by atoms with Crippen LogP contribution >= 0.6 is 11.3 Å². The molecule has 4 rings (SSSR count). The van der Waals surface area contributed by atoms with Crippen molar-refractivity contribution in [3.8, 4) is 17.2 Å². The van der Waals surface area contributed by atoms with Crippen LogP contribution in [0.2, 0.25) is 0 Å². The summed E-state index contributed by atoms with van der Waals surface area (Å²) in [6, 6.07) is 16.2. The highest BCUT2D eigenvalue weighted by molar-refractivity contribution is 7.09. The third-order valence-electron chi connectivity index (χ3n) is 4.66. The Labute approximate surface area is 178 Å². The molecular formula is C23H21NO5S. The third-order valence-corrected chi connectivity index (χ3v) is 5.52. The molecule has 0 radical (unpaired) electrons. The zero-order valence-electron chi connectivity index (χ0n) is 16.5. The van der Waals surface area contributed by atoms with E-state index in [1.807, 2.05) is 35.7 Å². The van der Waals surface area contributed by atoms with Gasteiger partial charge in [-0.3, -0.25) is 9.59 Å². The molecular weight excluding hydrogens is 402 g/mol. The molecule has 0 bridgehead atoms. The van der Waals surface area contributed by atoms with Gasteiger partial charge in [0.25, 0.3) is 5.91 Å². The lowest BCUT2D eigenvalue weighted by Gasteiger charge is -2.25. The molecule has 6 nitrogen and oxygen atoms in total. The molecule has 0 saturated carbocycles. The second kappa shape index (κ2) is 9.00. The molecule has 1 aromatic heterocycles. The average Bonchev–Trinajstić information content (AvgIpc) is 3.29. The maximum atomic E-state index is 13.1. The Bertz CT molecular complexity index is 1030. The van der Waals surface area contributed by atoms with Gasteiger partial charge in [-0.15, -0.1) is 11.3 Å². The number of hydrogen-bond acceptors (Lipinski definition) is 6. The van der Waals surface area contributed by atoms with Crippen LogP contribution in [0.4, 0.5) is 5.69 Å². The van der Waals surface area contributed by atoms with Crippen LogP contribution in [-0.2, 0) is 11.3 Å². The van der Waals surface area contributed by atoms with Gasteiger partial charge in [-0.1, -0.05) is 6.07 Å². The van der Waals surface area contributed by atoms with E-state index in [4.69, 9.17) is 14.2 Å². The molecule has 3 aromatic rings. The van der Waals surface area contributed by atoms with Crippen molar-refractivity contribution in [3.05, 3.63) is 70.4 Å². The molecule has 0 spiro atoms. The zero-order chi connectivity index (χ0) is 20.9. The number of anilines is 1. The average molecular weight is 423 g/mol. The molecule has 30 heavy (non-hydrogen) atoms. The monoisotopic (exact) mass is 423 g/mol. The lowest BCUT2D eigenvalue weighted by Crippen LogP contribution is -2.34. The number of hydrogen-bond donors (Lipinski definition) is 0. The van der Waals surface area contributed by atoms with Crippen LogP contribution in [0, 0.1) is 0 Å². The summed E-state index contributed by atoms with van der Waals surface area (Å²) in [6.45, 7) is 2.81. The lowest BCUT2D eigenvalue weighted by molar-refractivity contribution is -0.120. The SMILES string of the molecule is CC(=O)c1ccc(OCC(=O)N(Cc2cccs2)c2ccc3c(c2)OCCO3)cc1. The number of Topliss-reactive ketones (excluding diaryl/α,β-unsaturated/α-hetero) is 1. The second-order valence-corrected chi connectivity index (χ2v) is 7.79. The Kier molecular flexibility index (Phi) is 5.99. The highest BCUT2D eigenvalue weighted by Gasteiger charge is 2.21. The predicted molar refractivity (Wildman–Crippen MR) is 115 cm³/mol. The highest BCUT2D eigenvalue weighted by Crippen LogP contribution is 2.34. The molecule has 0 saturated heterocycles. The molecule has 1 amide bonds. The molecule has 154 valence electrons. The minimum atomic E-state index is -0.185. The van der Waals surface area contributed by atoms with Crippen LogP contribution in [0.1, 0.15) is 22.2 Å². The maximum absolute atomic E-state index is 13.1. The van der Waals surface area contributed by atoms with Crippen molar-refractivity contribution in [1.82, 2.24) is 0 Å². The van der Waals surface area contributed by atoms with Crippen LogP contribution in [0.15, 0.2) is 60.0 Å². The number of fused-ring (bicyclic) bond motifs is 1. The molecule has 0 atom stereocenters. The normalized spacial score (nSPS) is 12.3. The minimum Gasteiger partial charge on any atom is -0.486 e. The smallest absolute Gasteiger partial charge is 0.265 e. The fourth-order valence-electron chi connectivity index (χ4n) is 3.09. The molecule has 0 aliphatic carbocycles. The van der Waals surface area contributed by atoms with Gasteiger partial charge in [0.05, 0.1) is 6.54 Å². The van der Waals surface area contributed by atoms with E-state index in [1.165, 1.54) is 6.92 Å². The molecule has 2 heterocycles. The molecule has 2 aromatic carbocycles. The Morgan fingerprint density at radius 3 is 2.50 bits per heavy atom. The number of carbonyl (C=O) groups excluding carboxylic acids is 2. The van der Waals surface area contributed by atoms with Gasteiger partial charge in [0.2, 0.25) is 0 Å². The summed E-state index contributed by atoms with van der Waals surface area (Å²) in [4.78, 5) is 27.2. The highest BCUT2D eigenvalue weighted by atomic mass is 32.1. The van der Waals surface area contributed by atoms with Gasteiger partial charge in [-0.2, -0.15) is 0 Å². The van der Waals surface area contributed by atoms with Crippen LogP contribution < -0.4 is 19.1 Å². The van der Waals surface area contributed by atoms with Gasteiger partial charge < -0.3 is 19.1 Å². The summed E-state index contributed by atoms with van der Waals surface area (Å²) >= 11 is 1.59. The molecule has 0 N–H and O–H groups in total. The summed E-state index contributed by atoms with van der Waals surface area (Å²) < 4.78 is 16.9. The molecule has 7 heteroatoms. The van der Waals surface area contributed by atoms with Crippen molar-refractivity contribution < 1.29 is 23.8 Å². The molecule has 1 aliphatic heterocycles. The third kappa shape index (κ3) is 4.63. The zero-order valence-corrected chi connectivity index (χ0v) is 17.3. The Morgan fingerprint density at radius 2 is 1.80 bits per heavy atom. The first-order valence-corrected chi connectivity index (χ1v) is 10.4. The standard InChI is InChI=1S/C23H21NO5S/c1-16(25)17-4-7-19(8-5-17)29-15-23(26)24(14-20-3-2-12-30-20)18-6-9-21-22(13-18)28-11-10-27-21/h2-9,12-13H,10-11,14-15H2,1H3. The van der Waals surface area contributed by atoms with Crippen LogP contribution in [0.25, 0.3) is 0 Å². The number of rotatable bonds is 7. The topological polar surface area (TPSA) is 65.1 Å². The molecule has 1 aliphatic rings. The van der Waals surface area contributed by atoms with E-state index in [2.05, 4.69) is 0 Å². The number of thiophene rings is 1. The van der Waals surface area contributed by atoms with Gasteiger partial charge >= 0.3 is 0 Å². The van der Waals surface area contributed by atoms with Gasteiger partial charge in [-0.05, 0) is 54.8 Å². The largest absolute Gasteiger partial charge is 0.486 e.